The maximum absolute atomic E-state index is 10.5. The van der Waals surface area contributed by atoms with Gasteiger partial charge in [0.1, 0.15) is 11.9 Å². The number of ether oxygens (including phenoxy) is 1. The van der Waals surface area contributed by atoms with E-state index in [0.717, 1.165) is 37.6 Å². The molecule has 0 amide bonds. The second kappa shape index (κ2) is 6.81. The van der Waals surface area contributed by atoms with Gasteiger partial charge in [-0.15, -0.1) is 0 Å². The van der Waals surface area contributed by atoms with Crippen molar-refractivity contribution in [2.75, 3.05) is 18.0 Å². The van der Waals surface area contributed by atoms with Gasteiger partial charge >= 0.3 is 0 Å². The molecule has 0 unspecified atom stereocenters. The van der Waals surface area contributed by atoms with E-state index in [9.17, 15) is 5.11 Å². The Hall–Kier alpha value is -1.85. The lowest BCUT2D eigenvalue weighted by Gasteiger charge is -2.35. The first-order chi connectivity index (χ1) is 12.1. The van der Waals surface area contributed by atoms with Crippen molar-refractivity contribution in [1.29, 1.82) is 0 Å². The number of rotatable bonds is 3. The number of benzene rings is 1. The van der Waals surface area contributed by atoms with E-state index in [1.165, 1.54) is 0 Å². The molecule has 2 fully saturated rings. The lowest BCUT2D eigenvalue weighted by molar-refractivity contribution is -0.0231. The largest absolute Gasteiger partial charge is 0.488 e. The standard InChI is InChI=1S/C19H22ClN3O2/c1-12-5-6-21-19(22-12)23-10-13-7-17(24)18(8-14(13)11-23)25-16-4-2-3-15(20)9-16/h2-6,9,13-14,17-18,24H,7-8,10-11H2,1H3/t13-,14+,17+,18+/m0/s1. The third-order valence-electron chi connectivity index (χ3n) is 5.23. The van der Waals surface area contributed by atoms with Crippen molar-refractivity contribution in [2.45, 2.75) is 32.0 Å². The fraction of sp³-hybridized carbons (Fsp3) is 0.474. The summed E-state index contributed by atoms with van der Waals surface area (Å²) in [7, 11) is 0. The molecule has 1 aromatic carbocycles. The fourth-order valence-corrected chi connectivity index (χ4v) is 4.16. The third kappa shape index (κ3) is 3.58. The second-order valence-electron chi connectivity index (χ2n) is 7.08. The van der Waals surface area contributed by atoms with Crippen molar-refractivity contribution < 1.29 is 9.84 Å². The summed E-state index contributed by atoms with van der Waals surface area (Å²) in [5.74, 6) is 2.44. The lowest BCUT2D eigenvalue weighted by atomic mass is 9.78. The van der Waals surface area contributed by atoms with E-state index in [2.05, 4.69) is 14.9 Å². The van der Waals surface area contributed by atoms with E-state index in [-0.39, 0.29) is 6.10 Å². The maximum atomic E-state index is 10.5. The zero-order chi connectivity index (χ0) is 17.4. The van der Waals surface area contributed by atoms with Crippen molar-refractivity contribution >= 4 is 17.5 Å². The Balaban J connectivity index is 1.45. The van der Waals surface area contributed by atoms with Gasteiger partial charge in [-0.25, -0.2) is 9.97 Å². The number of aromatic nitrogens is 2. The molecule has 4 atom stereocenters. The number of aryl methyl sites for hydroxylation is 1. The Morgan fingerprint density at radius 3 is 2.76 bits per heavy atom. The summed E-state index contributed by atoms with van der Waals surface area (Å²) >= 11 is 6.02. The quantitative estimate of drug-likeness (QED) is 0.912. The Kier molecular flexibility index (Phi) is 4.52. The van der Waals surface area contributed by atoms with Crippen LogP contribution < -0.4 is 9.64 Å². The van der Waals surface area contributed by atoms with Crippen LogP contribution in [0.5, 0.6) is 5.75 Å². The van der Waals surface area contributed by atoms with Gasteiger partial charge in [0, 0.05) is 30.0 Å². The van der Waals surface area contributed by atoms with E-state index in [1.807, 2.05) is 31.2 Å². The Morgan fingerprint density at radius 1 is 1.20 bits per heavy atom. The van der Waals surface area contributed by atoms with Gasteiger partial charge in [-0.1, -0.05) is 17.7 Å². The molecule has 0 spiro atoms. The molecular formula is C19H22ClN3O2. The van der Waals surface area contributed by atoms with Crippen LogP contribution in [0.25, 0.3) is 0 Å². The minimum atomic E-state index is -0.460. The minimum Gasteiger partial charge on any atom is -0.488 e. The molecular weight excluding hydrogens is 338 g/mol. The molecule has 1 aromatic heterocycles. The highest BCUT2D eigenvalue weighted by Gasteiger charge is 2.43. The average Bonchev–Trinajstić information content (AvgIpc) is 2.98. The maximum Gasteiger partial charge on any atom is 0.225 e. The zero-order valence-electron chi connectivity index (χ0n) is 14.2. The van der Waals surface area contributed by atoms with Crippen LogP contribution in [-0.4, -0.2) is 40.4 Å². The smallest absolute Gasteiger partial charge is 0.225 e. The number of aliphatic hydroxyl groups is 1. The SMILES string of the molecule is Cc1ccnc(N2C[C@H]3C[C@@H](Oc4cccc(Cl)c4)[C@H](O)C[C@H]3C2)n1. The van der Waals surface area contributed by atoms with Gasteiger partial charge in [-0.3, -0.25) is 0 Å². The van der Waals surface area contributed by atoms with Gasteiger partial charge in [-0.2, -0.15) is 0 Å². The summed E-state index contributed by atoms with van der Waals surface area (Å²) < 4.78 is 6.03. The van der Waals surface area contributed by atoms with Crippen LogP contribution >= 0.6 is 11.6 Å². The molecule has 2 heterocycles. The molecule has 6 heteroatoms. The molecule has 1 aliphatic carbocycles. The normalized spacial score (nSPS) is 28.7. The number of hydrogen-bond donors (Lipinski definition) is 1. The molecule has 2 aliphatic rings. The van der Waals surface area contributed by atoms with Crippen LogP contribution in [0.1, 0.15) is 18.5 Å². The number of aliphatic hydroxyl groups excluding tert-OH is 1. The van der Waals surface area contributed by atoms with Gasteiger partial charge in [0.15, 0.2) is 0 Å². The highest BCUT2D eigenvalue weighted by Crippen LogP contribution is 2.39. The van der Waals surface area contributed by atoms with E-state index in [1.54, 1.807) is 12.3 Å². The van der Waals surface area contributed by atoms with Gasteiger partial charge in [0.2, 0.25) is 5.95 Å². The number of halogens is 1. The van der Waals surface area contributed by atoms with Crippen LogP contribution in [-0.2, 0) is 0 Å². The minimum absolute atomic E-state index is 0.196. The highest BCUT2D eigenvalue weighted by atomic mass is 35.5. The summed E-state index contributed by atoms with van der Waals surface area (Å²) in [5, 5.41) is 11.2. The van der Waals surface area contributed by atoms with Crippen LogP contribution in [0.4, 0.5) is 5.95 Å². The van der Waals surface area contributed by atoms with Crippen molar-refractivity contribution in [2.24, 2.45) is 11.8 Å². The van der Waals surface area contributed by atoms with E-state index >= 15 is 0 Å². The molecule has 25 heavy (non-hydrogen) atoms. The first kappa shape index (κ1) is 16.6. The van der Waals surface area contributed by atoms with Gasteiger partial charge in [0.25, 0.3) is 0 Å². The molecule has 1 saturated carbocycles. The van der Waals surface area contributed by atoms with E-state index < -0.39 is 6.10 Å². The lowest BCUT2D eigenvalue weighted by Crippen LogP contribution is -2.42. The summed E-state index contributed by atoms with van der Waals surface area (Å²) in [6, 6.07) is 9.26. The number of hydrogen-bond acceptors (Lipinski definition) is 5. The average molecular weight is 360 g/mol. The number of anilines is 1. The molecule has 4 rings (SSSR count). The molecule has 5 nitrogen and oxygen atoms in total. The third-order valence-corrected chi connectivity index (χ3v) is 5.47. The van der Waals surface area contributed by atoms with Crippen molar-refractivity contribution in [3.8, 4) is 5.75 Å². The van der Waals surface area contributed by atoms with Crippen LogP contribution in [0, 0.1) is 18.8 Å². The predicted octanol–water partition coefficient (Wildman–Crippen LogP) is 3.09. The fourth-order valence-electron chi connectivity index (χ4n) is 3.98. The van der Waals surface area contributed by atoms with Crippen LogP contribution in [0.2, 0.25) is 5.02 Å². The molecule has 0 radical (unpaired) electrons. The Morgan fingerprint density at radius 2 is 2.00 bits per heavy atom. The van der Waals surface area contributed by atoms with Crippen molar-refractivity contribution in [1.82, 2.24) is 9.97 Å². The summed E-state index contributed by atoms with van der Waals surface area (Å²) in [6.07, 6.45) is 2.73. The monoisotopic (exact) mass is 359 g/mol. The molecule has 2 aromatic rings. The predicted molar refractivity (Wildman–Crippen MR) is 97.1 cm³/mol. The zero-order valence-corrected chi connectivity index (χ0v) is 14.9. The first-order valence-corrected chi connectivity index (χ1v) is 9.11. The van der Waals surface area contributed by atoms with Crippen LogP contribution in [0.3, 0.4) is 0 Å². The molecule has 0 bridgehead atoms. The van der Waals surface area contributed by atoms with Crippen LogP contribution in [0.15, 0.2) is 36.5 Å². The Labute approximate surface area is 152 Å². The topological polar surface area (TPSA) is 58.5 Å². The van der Waals surface area contributed by atoms with Crippen molar-refractivity contribution in [3.63, 3.8) is 0 Å². The van der Waals surface area contributed by atoms with Gasteiger partial charge in [-0.05, 0) is 55.9 Å². The second-order valence-corrected chi connectivity index (χ2v) is 7.51. The summed E-state index contributed by atoms with van der Waals surface area (Å²) in [5.41, 5.74) is 0.974. The van der Waals surface area contributed by atoms with Crippen molar-refractivity contribution in [3.05, 3.63) is 47.2 Å². The molecule has 1 aliphatic heterocycles. The van der Waals surface area contributed by atoms with Gasteiger partial charge < -0.3 is 14.7 Å². The van der Waals surface area contributed by atoms with E-state index in [0.29, 0.717) is 22.6 Å². The summed E-state index contributed by atoms with van der Waals surface area (Å²) in [6.45, 7) is 3.79. The highest BCUT2D eigenvalue weighted by molar-refractivity contribution is 6.30. The summed E-state index contributed by atoms with van der Waals surface area (Å²) in [4.78, 5) is 11.2. The molecule has 1 N–H and O–H groups in total. The van der Waals surface area contributed by atoms with Gasteiger partial charge in [0.05, 0.1) is 6.10 Å². The van der Waals surface area contributed by atoms with E-state index in [4.69, 9.17) is 16.3 Å². The number of nitrogens with zero attached hydrogens (tertiary/aromatic N) is 3. The molecule has 132 valence electrons. The number of fused-ring (bicyclic) bond motifs is 1. The Bertz CT molecular complexity index is 757. The first-order valence-electron chi connectivity index (χ1n) is 8.73. The molecule has 1 saturated heterocycles.